The number of nitrogens with zero attached hydrogens (tertiary/aromatic N) is 1. The Morgan fingerprint density at radius 1 is 1.16 bits per heavy atom. The van der Waals surface area contributed by atoms with Crippen LogP contribution in [-0.4, -0.2) is 32.5 Å². The van der Waals surface area contributed by atoms with E-state index in [1.54, 1.807) is 6.92 Å². The zero-order valence-corrected chi connectivity index (χ0v) is 23.5. The van der Waals surface area contributed by atoms with E-state index in [9.17, 15) is 14.0 Å². The number of aromatic nitrogens is 1. The summed E-state index contributed by atoms with van der Waals surface area (Å²) in [6, 6.07) is 2.55. The summed E-state index contributed by atoms with van der Waals surface area (Å²) in [5.74, 6) is -1.10. The van der Waals surface area contributed by atoms with Gasteiger partial charge in [0.25, 0.3) is 0 Å². The summed E-state index contributed by atoms with van der Waals surface area (Å²) >= 11 is 1.86. The number of halogens is 2. The molecule has 1 atom stereocenters. The van der Waals surface area contributed by atoms with Gasteiger partial charge in [-0.2, -0.15) is 0 Å². The van der Waals surface area contributed by atoms with Crippen LogP contribution in [0.2, 0.25) is 5.04 Å². The highest BCUT2D eigenvalue weighted by Gasteiger charge is 2.42. The minimum absolute atomic E-state index is 0.0242. The molecule has 0 unspecified atom stereocenters. The molecule has 176 valence electrons. The van der Waals surface area contributed by atoms with Crippen molar-refractivity contribution in [2.24, 2.45) is 5.41 Å². The molecule has 0 fully saturated rings. The average Bonchev–Trinajstić information content (AvgIpc) is 2.62. The van der Waals surface area contributed by atoms with Crippen LogP contribution in [0.15, 0.2) is 23.1 Å². The van der Waals surface area contributed by atoms with Gasteiger partial charge in [0.1, 0.15) is 11.4 Å². The second-order valence-electron chi connectivity index (χ2n) is 10.6. The molecule has 0 spiro atoms. The third-order valence-corrected chi connectivity index (χ3v) is 7.01. The number of hydrogen-bond donors (Lipinski definition) is 0. The topological polar surface area (TPSA) is 57.5 Å². The molecule has 0 saturated heterocycles. The summed E-state index contributed by atoms with van der Waals surface area (Å²) in [5, 5.41) is 0.258. The van der Waals surface area contributed by atoms with Crippen molar-refractivity contribution >= 4 is 49.2 Å². The predicted molar refractivity (Wildman–Crippen MR) is 136 cm³/mol. The van der Waals surface area contributed by atoms with Crippen LogP contribution in [0.1, 0.15) is 78.7 Å². The maximum Gasteiger partial charge on any atom is 0.343 e. The Morgan fingerprint density at radius 2 is 1.75 bits per heavy atom. The highest BCUT2D eigenvalue weighted by molar-refractivity contribution is 14.1. The van der Waals surface area contributed by atoms with Crippen molar-refractivity contribution in [1.29, 1.82) is 0 Å². The Hall–Kier alpha value is -1.26. The fourth-order valence-electron chi connectivity index (χ4n) is 4.05. The van der Waals surface area contributed by atoms with Crippen molar-refractivity contribution in [3.63, 3.8) is 0 Å². The minimum Gasteiger partial charge on any atom is -0.462 e. The largest absolute Gasteiger partial charge is 0.462 e. The lowest BCUT2D eigenvalue weighted by Crippen LogP contribution is -2.46. The van der Waals surface area contributed by atoms with Crippen LogP contribution in [0.3, 0.4) is 0 Å². The minimum atomic E-state index is -0.685. The Balaban J connectivity index is 2.89. The first-order chi connectivity index (χ1) is 14.5. The van der Waals surface area contributed by atoms with Gasteiger partial charge in [0.2, 0.25) is 15.2 Å². The van der Waals surface area contributed by atoms with Crippen molar-refractivity contribution in [1.82, 2.24) is 4.57 Å². The van der Waals surface area contributed by atoms with E-state index < -0.39 is 22.8 Å². The maximum atomic E-state index is 14.7. The van der Waals surface area contributed by atoms with Gasteiger partial charge in [-0.3, -0.25) is 4.79 Å². The van der Waals surface area contributed by atoms with Crippen molar-refractivity contribution in [2.75, 3.05) is 6.61 Å². The lowest BCUT2D eigenvalue weighted by molar-refractivity contribution is -0.00151. The summed E-state index contributed by atoms with van der Waals surface area (Å²) in [6.45, 7) is 18.4. The molecular weight excluding hydrogens is 540 g/mol. The van der Waals surface area contributed by atoms with Gasteiger partial charge in [-0.05, 0) is 65.9 Å². The standard InChI is InChI=1S/C24H33FINO4Si/c1-10-30-20(29)15-13-27(18-12-16(25)17(26)11-14(18)19(15)28)21(22(2,3)4)24(8,9)31-32-23(5,6)7/h11-13,21H,10H2,1-9H3/t21-/m0/s1. The summed E-state index contributed by atoms with van der Waals surface area (Å²) in [6.07, 6.45) is 1.51. The summed E-state index contributed by atoms with van der Waals surface area (Å²) in [5.41, 5.74) is -1.13. The number of benzene rings is 1. The molecule has 0 N–H and O–H groups in total. The van der Waals surface area contributed by atoms with Gasteiger partial charge in [0.15, 0.2) is 0 Å². The van der Waals surface area contributed by atoms with E-state index in [4.69, 9.17) is 9.16 Å². The predicted octanol–water partition coefficient (Wildman–Crippen LogP) is 6.14. The van der Waals surface area contributed by atoms with Gasteiger partial charge in [0.05, 0.1) is 23.8 Å². The van der Waals surface area contributed by atoms with Crippen molar-refractivity contribution < 1.29 is 18.3 Å². The molecule has 0 saturated carbocycles. The zero-order valence-electron chi connectivity index (χ0n) is 20.4. The Labute approximate surface area is 206 Å². The van der Waals surface area contributed by atoms with Gasteiger partial charge in [-0.1, -0.05) is 41.5 Å². The molecule has 1 heterocycles. The number of hydrogen-bond acceptors (Lipinski definition) is 4. The van der Waals surface area contributed by atoms with Crippen molar-refractivity contribution in [3.05, 3.63) is 43.5 Å². The molecule has 2 aromatic rings. The quantitative estimate of drug-likeness (QED) is 0.237. The number of ether oxygens (including phenoxy) is 1. The first-order valence-electron chi connectivity index (χ1n) is 10.7. The van der Waals surface area contributed by atoms with Crippen LogP contribution < -0.4 is 5.43 Å². The number of pyridine rings is 1. The van der Waals surface area contributed by atoms with Crippen molar-refractivity contribution in [3.8, 4) is 0 Å². The zero-order chi connectivity index (χ0) is 24.6. The summed E-state index contributed by atoms with van der Waals surface area (Å²) in [7, 11) is 0.231. The molecule has 0 amide bonds. The van der Waals surface area contributed by atoms with Crippen LogP contribution in [0.4, 0.5) is 4.39 Å². The van der Waals surface area contributed by atoms with Gasteiger partial charge in [-0.25, -0.2) is 9.18 Å². The van der Waals surface area contributed by atoms with Gasteiger partial charge in [0, 0.05) is 15.2 Å². The molecule has 2 rings (SSSR count). The Kier molecular flexibility index (Phi) is 8.04. The van der Waals surface area contributed by atoms with Crippen LogP contribution >= 0.6 is 22.6 Å². The molecule has 32 heavy (non-hydrogen) atoms. The molecule has 1 aromatic heterocycles. The van der Waals surface area contributed by atoms with Crippen LogP contribution in [-0.2, 0) is 9.16 Å². The van der Waals surface area contributed by atoms with Gasteiger partial charge >= 0.3 is 5.97 Å². The average molecular weight is 574 g/mol. The molecule has 0 aliphatic heterocycles. The molecule has 0 bridgehead atoms. The molecule has 1 aromatic carbocycles. The second-order valence-corrected chi connectivity index (χ2v) is 13.7. The number of fused-ring (bicyclic) bond motifs is 1. The van der Waals surface area contributed by atoms with E-state index in [0.717, 1.165) is 0 Å². The lowest BCUT2D eigenvalue weighted by atomic mass is 9.77. The van der Waals surface area contributed by atoms with E-state index in [1.165, 1.54) is 18.3 Å². The third kappa shape index (κ3) is 5.99. The first-order valence-corrected chi connectivity index (χ1v) is 12.6. The van der Waals surface area contributed by atoms with E-state index in [-0.39, 0.29) is 43.8 Å². The molecular formula is C24H33FINO4Si. The number of carbonyl (C=O) groups is 1. The van der Waals surface area contributed by atoms with Crippen LogP contribution in [0.25, 0.3) is 10.9 Å². The van der Waals surface area contributed by atoms with Crippen LogP contribution in [0, 0.1) is 14.8 Å². The monoisotopic (exact) mass is 573 g/mol. The van der Waals surface area contributed by atoms with E-state index >= 15 is 0 Å². The summed E-state index contributed by atoms with van der Waals surface area (Å²) < 4.78 is 28.4. The highest BCUT2D eigenvalue weighted by atomic mass is 127. The normalized spacial score (nSPS) is 14.0. The fourth-order valence-corrected chi connectivity index (χ4v) is 5.20. The number of rotatable bonds is 6. The molecule has 2 radical (unpaired) electrons. The maximum absolute atomic E-state index is 14.7. The van der Waals surface area contributed by atoms with Crippen LogP contribution in [0.5, 0.6) is 0 Å². The lowest BCUT2D eigenvalue weighted by Gasteiger charge is -2.45. The van der Waals surface area contributed by atoms with Crippen molar-refractivity contribution in [2.45, 2.75) is 79.0 Å². The van der Waals surface area contributed by atoms with Gasteiger partial charge in [-0.15, -0.1) is 0 Å². The molecule has 0 aliphatic rings. The van der Waals surface area contributed by atoms with Gasteiger partial charge < -0.3 is 13.7 Å². The van der Waals surface area contributed by atoms with E-state index in [1.807, 2.05) is 41.0 Å². The Morgan fingerprint density at radius 3 is 2.25 bits per heavy atom. The molecule has 5 nitrogen and oxygen atoms in total. The number of esters is 1. The smallest absolute Gasteiger partial charge is 0.343 e. The first kappa shape index (κ1) is 27.0. The SMILES string of the molecule is CCOC(=O)c1cn([C@@H](C(C)(C)C)C(C)(C)O[Si]C(C)(C)C)c2cc(F)c(I)cc2c1=O. The third-order valence-electron chi connectivity index (χ3n) is 4.95. The van der Waals surface area contributed by atoms with E-state index in [0.29, 0.717) is 9.09 Å². The highest BCUT2D eigenvalue weighted by Crippen LogP contribution is 2.43. The second kappa shape index (κ2) is 9.54. The molecule has 8 heteroatoms. The number of carbonyl (C=O) groups excluding carboxylic acids is 1. The Bertz CT molecular complexity index is 1070. The summed E-state index contributed by atoms with van der Waals surface area (Å²) in [4.78, 5) is 25.8. The van der Waals surface area contributed by atoms with E-state index in [2.05, 4.69) is 41.5 Å². The molecule has 0 aliphatic carbocycles. The fraction of sp³-hybridized carbons (Fsp3) is 0.583.